The van der Waals surface area contributed by atoms with E-state index in [4.69, 9.17) is 10.5 Å². The number of carbonyl (C=O) groups is 1. The number of thiazole rings is 1. The number of methoxy groups -OCH3 is 1. The van der Waals surface area contributed by atoms with Crippen LogP contribution >= 0.6 is 11.3 Å². The number of benzene rings is 1. The number of nitrogens with zero attached hydrogens (tertiary/aromatic N) is 1. The van der Waals surface area contributed by atoms with E-state index in [-0.39, 0.29) is 5.91 Å². The van der Waals surface area contributed by atoms with E-state index in [1.807, 2.05) is 18.2 Å². The molecule has 0 atom stereocenters. The Kier molecular flexibility index (Phi) is 4.11. The molecule has 1 heterocycles. The molecule has 1 amide bonds. The summed E-state index contributed by atoms with van der Waals surface area (Å²) in [5.74, 6) is 0.709. The van der Waals surface area contributed by atoms with Crippen molar-refractivity contribution in [2.75, 3.05) is 19.0 Å². The smallest absolute Gasteiger partial charge is 0.226 e. The molecule has 0 unspecified atom stereocenters. The summed E-state index contributed by atoms with van der Waals surface area (Å²) < 4.78 is 6.15. The Hall–Kier alpha value is -1.66. The second-order valence-corrected chi connectivity index (χ2v) is 4.82. The molecule has 2 rings (SSSR count). The van der Waals surface area contributed by atoms with Gasteiger partial charge in [-0.25, -0.2) is 4.98 Å². The first kappa shape index (κ1) is 12.8. The summed E-state index contributed by atoms with van der Waals surface area (Å²) in [4.78, 5) is 15.9. The van der Waals surface area contributed by atoms with Crippen LogP contribution in [0.1, 0.15) is 12.8 Å². The summed E-state index contributed by atoms with van der Waals surface area (Å²) in [7, 11) is 1.61. The molecule has 0 saturated heterocycles. The summed E-state index contributed by atoms with van der Waals surface area (Å²) >= 11 is 1.45. The molecule has 0 aliphatic heterocycles. The van der Waals surface area contributed by atoms with Crippen LogP contribution in [0.4, 0.5) is 5.13 Å². The highest BCUT2D eigenvalue weighted by Crippen LogP contribution is 2.28. The Morgan fingerprint density at radius 1 is 1.56 bits per heavy atom. The van der Waals surface area contributed by atoms with Crippen molar-refractivity contribution in [3.05, 3.63) is 18.2 Å². The van der Waals surface area contributed by atoms with Crippen LogP contribution in [0.3, 0.4) is 0 Å². The number of hydrogen-bond acceptors (Lipinski definition) is 5. The molecule has 96 valence electrons. The average Bonchev–Trinajstić information content (AvgIpc) is 2.77. The van der Waals surface area contributed by atoms with Gasteiger partial charge in [0.05, 0.1) is 17.3 Å². The summed E-state index contributed by atoms with van der Waals surface area (Å²) in [5.41, 5.74) is 6.18. The minimum atomic E-state index is -0.0496. The van der Waals surface area contributed by atoms with Crippen molar-refractivity contribution in [1.82, 2.24) is 4.98 Å². The van der Waals surface area contributed by atoms with Gasteiger partial charge in [-0.05, 0) is 25.1 Å². The number of anilines is 1. The predicted molar refractivity (Wildman–Crippen MR) is 73.1 cm³/mol. The molecule has 0 aliphatic rings. The van der Waals surface area contributed by atoms with Gasteiger partial charge < -0.3 is 15.8 Å². The van der Waals surface area contributed by atoms with Crippen molar-refractivity contribution in [2.45, 2.75) is 12.8 Å². The first-order valence-electron chi connectivity index (χ1n) is 5.67. The highest BCUT2D eigenvalue weighted by atomic mass is 32.1. The van der Waals surface area contributed by atoms with E-state index >= 15 is 0 Å². The van der Waals surface area contributed by atoms with Crippen LogP contribution in [-0.4, -0.2) is 24.5 Å². The zero-order chi connectivity index (χ0) is 13.0. The Balaban J connectivity index is 2.12. The number of aromatic nitrogens is 1. The van der Waals surface area contributed by atoms with Crippen LogP contribution in [0.5, 0.6) is 5.75 Å². The lowest BCUT2D eigenvalue weighted by Gasteiger charge is -1.98. The number of rotatable bonds is 5. The molecule has 1 aromatic carbocycles. The number of hydrogen-bond donors (Lipinski definition) is 2. The maximum absolute atomic E-state index is 11.5. The lowest BCUT2D eigenvalue weighted by atomic mass is 10.3. The number of amides is 1. The normalized spacial score (nSPS) is 10.6. The maximum atomic E-state index is 11.5. The molecule has 0 aliphatic carbocycles. The summed E-state index contributed by atoms with van der Waals surface area (Å²) in [5, 5.41) is 3.39. The van der Waals surface area contributed by atoms with E-state index in [0.29, 0.717) is 24.5 Å². The molecule has 6 heteroatoms. The van der Waals surface area contributed by atoms with Crippen molar-refractivity contribution >= 4 is 32.6 Å². The fraction of sp³-hybridized carbons (Fsp3) is 0.333. The number of nitrogens with two attached hydrogens (primary N) is 1. The quantitative estimate of drug-likeness (QED) is 0.866. The van der Waals surface area contributed by atoms with Crippen LogP contribution in [0, 0.1) is 0 Å². The molecule has 0 spiro atoms. The summed E-state index contributed by atoms with van der Waals surface area (Å²) in [6.07, 6.45) is 1.11. The second kappa shape index (κ2) is 5.79. The van der Waals surface area contributed by atoms with Crippen molar-refractivity contribution in [1.29, 1.82) is 0 Å². The summed E-state index contributed by atoms with van der Waals surface area (Å²) in [6.45, 7) is 0.518. The van der Waals surface area contributed by atoms with Gasteiger partial charge in [-0.3, -0.25) is 4.79 Å². The largest absolute Gasteiger partial charge is 0.497 e. The molecule has 0 radical (unpaired) electrons. The Bertz CT molecular complexity index is 553. The van der Waals surface area contributed by atoms with Gasteiger partial charge >= 0.3 is 0 Å². The first-order chi connectivity index (χ1) is 8.72. The van der Waals surface area contributed by atoms with E-state index in [9.17, 15) is 4.79 Å². The molecule has 18 heavy (non-hydrogen) atoms. The van der Waals surface area contributed by atoms with E-state index < -0.39 is 0 Å². The molecule has 3 N–H and O–H groups in total. The lowest BCUT2D eigenvalue weighted by Crippen LogP contribution is -2.13. The Morgan fingerprint density at radius 2 is 2.39 bits per heavy atom. The van der Waals surface area contributed by atoms with Gasteiger partial charge in [-0.1, -0.05) is 11.3 Å². The molecule has 0 saturated carbocycles. The topological polar surface area (TPSA) is 77.2 Å². The van der Waals surface area contributed by atoms with Crippen molar-refractivity contribution in [2.24, 2.45) is 5.73 Å². The van der Waals surface area contributed by atoms with Crippen molar-refractivity contribution in [3.63, 3.8) is 0 Å². The fourth-order valence-electron chi connectivity index (χ4n) is 1.53. The monoisotopic (exact) mass is 265 g/mol. The lowest BCUT2D eigenvalue weighted by molar-refractivity contribution is -0.116. The second-order valence-electron chi connectivity index (χ2n) is 3.79. The Labute approximate surface area is 109 Å². The Morgan fingerprint density at radius 3 is 3.11 bits per heavy atom. The molecule has 1 aromatic heterocycles. The van der Waals surface area contributed by atoms with Gasteiger partial charge in [-0.2, -0.15) is 0 Å². The number of carbonyl (C=O) groups excluding carboxylic acids is 1. The van der Waals surface area contributed by atoms with Gasteiger partial charge in [0.1, 0.15) is 5.75 Å². The molecule has 5 nitrogen and oxygen atoms in total. The zero-order valence-electron chi connectivity index (χ0n) is 10.1. The van der Waals surface area contributed by atoms with Gasteiger partial charge in [0.2, 0.25) is 5.91 Å². The molecular weight excluding hydrogens is 250 g/mol. The standard InChI is InChI=1S/C12H15N3O2S/c1-17-8-4-5-10-9(7-8)14-12(18-10)15-11(16)3-2-6-13/h4-5,7H,2-3,6,13H2,1H3,(H,14,15,16). The van der Waals surface area contributed by atoms with Crippen molar-refractivity contribution < 1.29 is 9.53 Å². The third-order valence-corrected chi connectivity index (χ3v) is 3.40. The van der Waals surface area contributed by atoms with E-state index in [0.717, 1.165) is 16.0 Å². The van der Waals surface area contributed by atoms with Crippen LogP contribution in [0.2, 0.25) is 0 Å². The minimum absolute atomic E-state index is 0.0496. The van der Waals surface area contributed by atoms with Crippen LogP contribution in [0.15, 0.2) is 18.2 Å². The fourth-order valence-corrected chi connectivity index (χ4v) is 2.39. The van der Waals surface area contributed by atoms with Gasteiger partial charge in [0.15, 0.2) is 5.13 Å². The minimum Gasteiger partial charge on any atom is -0.497 e. The van der Waals surface area contributed by atoms with Gasteiger partial charge in [0.25, 0.3) is 0 Å². The number of nitrogens with one attached hydrogen (secondary N) is 1. The van der Waals surface area contributed by atoms with Gasteiger partial charge in [-0.15, -0.1) is 0 Å². The van der Waals surface area contributed by atoms with E-state index in [1.54, 1.807) is 7.11 Å². The SMILES string of the molecule is COc1ccc2sc(NC(=O)CCCN)nc2c1. The number of fused-ring (bicyclic) bond motifs is 1. The van der Waals surface area contributed by atoms with Crippen LogP contribution in [0.25, 0.3) is 10.2 Å². The van der Waals surface area contributed by atoms with E-state index in [1.165, 1.54) is 11.3 Å². The molecule has 0 bridgehead atoms. The molecule has 0 fully saturated rings. The highest BCUT2D eigenvalue weighted by molar-refractivity contribution is 7.22. The van der Waals surface area contributed by atoms with Crippen molar-refractivity contribution in [3.8, 4) is 5.75 Å². The average molecular weight is 265 g/mol. The van der Waals surface area contributed by atoms with Crippen LogP contribution < -0.4 is 15.8 Å². The highest BCUT2D eigenvalue weighted by Gasteiger charge is 2.08. The molecular formula is C12H15N3O2S. The third-order valence-electron chi connectivity index (χ3n) is 2.45. The van der Waals surface area contributed by atoms with E-state index in [2.05, 4.69) is 10.3 Å². The van der Waals surface area contributed by atoms with Crippen LogP contribution in [-0.2, 0) is 4.79 Å². The first-order valence-corrected chi connectivity index (χ1v) is 6.49. The summed E-state index contributed by atoms with van der Waals surface area (Å²) in [6, 6.07) is 5.66. The van der Waals surface area contributed by atoms with Gasteiger partial charge in [0, 0.05) is 12.5 Å². The maximum Gasteiger partial charge on any atom is 0.226 e. The predicted octanol–water partition coefficient (Wildman–Crippen LogP) is 1.98. The molecule has 2 aromatic rings. The third kappa shape index (κ3) is 2.96. The number of ether oxygens (including phenoxy) is 1. The zero-order valence-corrected chi connectivity index (χ0v) is 10.9.